The smallest absolute Gasteiger partial charge is 0.317 e. The highest BCUT2D eigenvalue weighted by atomic mass is 35.5. The van der Waals surface area contributed by atoms with Crippen molar-refractivity contribution in [3.05, 3.63) is 58.3 Å². The molecule has 1 aromatic carbocycles. The van der Waals surface area contributed by atoms with Crippen molar-refractivity contribution in [1.82, 2.24) is 20.4 Å². The summed E-state index contributed by atoms with van der Waals surface area (Å²) < 4.78 is 5.85. The second-order valence-corrected chi connectivity index (χ2v) is 7.88. The highest BCUT2D eigenvalue weighted by Gasteiger charge is 2.28. The molecule has 1 unspecified atom stereocenters. The number of likely N-dealkylation sites (tertiary alicyclic amines) is 1. The van der Waals surface area contributed by atoms with E-state index in [9.17, 15) is 4.79 Å². The van der Waals surface area contributed by atoms with Crippen LogP contribution in [0.5, 0.6) is 0 Å². The quantitative estimate of drug-likeness (QED) is 0.695. The number of hydrogen-bond acceptors (Lipinski definition) is 5. The van der Waals surface area contributed by atoms with Crippen molar-refractivity contribution < 1.29 is 9.21 Å². The highest BCUT2D eigenvalue weighted by Crippen LogP contribution is 2.30. The number of thiophene rings is 1. The Morgan fingerprint density at radius 3 is 2.93 bits per heavy atom. The Hall–Kier alpha value is -2.38. The fraction of sp³-hybridized carbons (Fsp3) is 0.316. The molecule has 1 aliphatic heterocycles. The lowest BCUT2D eigenvalue weighted by molar-refractivity contribution is 0.174. The van der Waals surface area contributed by atoms with Crippen molar-refractivity contribution in [1.29, 1.82) is 0 Å². The van der Waals surface area contributed by atoms with Gasteiger partial charge in [-0.3, -0.25) is 0 Å². The van der Waals surface area contributed by atoms with Gasteiger partial charge in [0.05, 0.1) is 10.8 Å². The lowest BCUT2D eigenvalue weighted by atomic mass is 9.98. The van der Waals surface area contributed by atoms with Crippen molar-refractivity contribution in [3.8, 4) is 10.8 Å². The zero-order valence-electron chi connectivity index (χ0n) is 14.6. The summed E-state index contributed by atoms with van der Waals surface area (Å²) in [6.07, 6.45) is 1.85. The maximum atomic E-state index is 12.5. The highest BCUT2D eigenvalue weighted by molar-refractivity contribution is 7.13. The van der Waals surface area contributed by atoms with Gasteiger partial charge in [-0.25, -0.2) is 4.79 Å². The summed E-state index contributed by atoms with van der Waals surface area (Å²) in [6.45, 7) is 1.79. The minimum absolute atomic E-state index is 0.0706. The van der Waals surface area contributed by atoms with Crippen LogP contribution >= 0.6 is 22.9 Å². The maximum Gasteiger partial charge on any atom is 0.317 e. The van der Waals surface area contributed by atoms with E-state index >= 15 is 0 Å². The van der Waals surface area contributed by atoms with Gasteiger partial charge in [0.1, 0.15) is 0 Å². The van der Waals surface area contributed by atoms with E-state index in [2.05, 4.69) is 15.5 Å². The fourth-order valence-electron chi connectivity index (χ4n) is 3.15. The van der Waals surface area contributed by atoms with Crippen LogP contribution in [0.25, 0.3) is 10.8 Å². The van der Waals surface area contributed by atoms with E-state index in [1.807, 2.05) is 46.7 Å². The number of carbonyl (C=O) groups excluding carboxylic acids is 1. The maximum absolute atomic E-state index is 12.5. The van der Waals surface area contributed by atoms with E-state index in [0.717, 1.165) is 29.8 Å². The zero-order chi connectivity index (χ0) is 18.6. The predicted molar refractivity (Wildman–Crippen MR) is 105 cm³/mol. The molecule has 0 saturated carbocycles. The van der Waals surface area contributed by atoms with Crippen LogP contribution in [0, 0.1) is 0 Å². The number of urea groups is 1. The lowest BCUT2D eigenvalue weighted by Crippen LogP contribution is -2.44. The van der Waals surface area contributed by atoms with Gasteiger partial charge in [-0.2, -0.15) is 0 Å². The molecule has 0 bridgehead atoms. The number of piperidine rings is 1. The van der Waals surface area contributed by atoms with Gasteiger partial charge in [0, 0.05) is 24.7 Å². The minimum Gasteiger partial charge on any atom is -0.420 e. The average molecular weight is 403 g/mol. The summed E-state index contributed by atoms with van der Waals surface area (Å²) in [5.41, 5.74) is 1.01. The van der Waals surface area contributed by atoms with Crippen molar-refractivity contribution >= 4 is 29.0 Å². The van der Waals surface area contributed by atoms with Crippen molar-refractivity contribution in [3.63, 3.8) is 0 Å². The van der Waals surface area contributed by atoms with Crippen LogP contribution in [-0.2, 0) is 6.54 Å². The first-order valence-corrected chi connectivity index (χ1v) is 10.1. The van der Waals surface area contributed by atoms with Crippen molar-refractivity contribution in [2.24, 2.45) is 0 Å². The standard InChI is InChI=1S/C19H19ClN4O2S/c20-15-7-5-13(6-8-15)11-21-19(25)24-9-1-3-14(12-24)17-22-23-18(26-17)16-4-2-10-27-16/h2,4-8,10,14H,1,3,9,11-12H2,(H,21,25). The number of carbonyl (C=O) groups is 1. The first-order valence-electron chi connectivity index (χ1n) is 8.83. The van der Waals surface area contributed by atoms with Gasteiger partial charge in [0.25, 0.3) is 5.89 Å². The Labute approximate surface area is 166 Å². The molecule has 3 aromatic rings. The Bertz CT molecular complexity index is 895. The molecular formula is C19H19ClN4O2S. The fourth-order valence-corrected chi connectivity index (χ4v) is 3.92. The molecule has 27 heavy (non-hydrogen) atoms. The van der Waals surface area contributed by atoms with Crippen LogP contribution < -0.4 is 5.32 Å². The first-order chi connectivity index (χ1) is 13.2. The lowest BCUT2D eigenvalue weighted by Gasteiger charge is -2.31. The molecule has 8 heteroatoms. The third-order valence-electron chi connectivity index (χ3n) is 4.59. The summed E-state index contributed by atoms with van der Waals surface area (Å²) in [5, 5.41) is 14.0. The summed E-state index contributed by atoms with van der Waals surface area (Å²) in [7, 11) is 0. The van der Waals surface area contributed by atoms with Gasteiger partial charge >= 0.3 is 6.03 Å². The summed E-state index contributed by atoms with van der Waals surface area (Å²) in [6, 6.07) is 11.3. The molecule has 140 valence electrons. The molecule has 3 heterocycles. The van der Waals surface area contributed by atoms with E-state index < -0.39 is 0 Å². The number of rotatable bonds is 4. The minimum atomic E-state index is -0.0763. The van der Waals surface area contributed by atoms with Crippen LogP contribution in [0.1, 0.15) is 30.2 Å². The Kier molecular flexibility index (Phi) is 5.40. The molecular weight excluding hydrogens is 384 g/mol. The summed E-state index contributed by atoms with van der Waals surface area (Å²) in [4.78, 5) is 15.3. The van der Waals surface area contributed by atoms with Crippen LogP contribution in [0.3, 0.4) is 0 Å². The first kappa shape index (κ1) is 18.0. The van der Waals surface area contributed by atoms with Crippen molar-refractivity contribution in [2.75, 3.05) is 13.1 Å². The van der Waals surface area contributed by atoms with Crippen LogP contribution in [0.15, 0.2) is 46.2 Å². The number of aromatic nitrogens is 2. The van der Waals surface area contributed by atoms with Crippen LogP contribution in [0.4, 0.5) is 4.79 Å². The molecule has 0 spiro atoms. The molecule has 0 aliphatic carbocycles. The monoisotopic (exact) mass is 402 g/mol. The molecule has 1 N–H and O–H groups in total. The van der Waals surface area contributed by atoms with Crippen LogP contribution in [0.2, 0.25) is 5.02 Å². The van der Waals surface area contributed by atoms with E-state index in [-0.39, 0.29) is 11.9 Å². The van der Waals surface area contributed by atoms with Gasteiger partial charge in [-0.05, 0) is 42.0 Å². The van der Waals surface area contributed by atoms with Gasteiger partial charge in [-0.15, -0.1) is 21.5 Å². The molecule has 6 nitrogen and oxygen atoms in total. The third-order valence-corrected chi connectivity index (χ3v) is 5.70. The Morgan fingerprint density at radius 2 is 2.15 bits per heavy atom. The predicted octanol–water partition coefficient (Wildman–Crippen LogP) is 4.54. The molecule has 1 atom stereocenters. The Balaban J connectivity index is 1.36. The molecule has 2 aromatic heterocycles. The number of halogens is 1. The summed E-state index contributed by atoms with van der Waals surface area (Å²) >= 11 is 7.46. The number of nitrogens with one attached hydrogen (secondary N) is 1. The number of amides is 2. The molecule has 0 radical (unpaired) electrons. The van der Waals surface area contributed by atoms with E-state index in [1.165, 1.54) is 0 Å². The molecule has 1 saturated heterocycles. The second kappa shape index (κ2) is 8.10. The van der Waals surface area contributed by atoms with Crippen molar-refractivity contribution in [2.45, 2.75) is 25.3 Å². The van der Waals surface area contributed by atoms with Gasteiger partial charge < -0.3 is 14.6 Å². The molecule has 2 amide bonds. The number of hydrogen-bond donors (Lipinski definition) is 1. The van der Waals surface area contributed by atoms with E-state index in [1.54, 1.807) is 11.3 Å². The normalized spacial score (nSPS) is 17.1. The largest absolute Gasteiger partial charge is 0.420 e. The zero-order valence-corrected chi connectivity index (χ0v) is 16.2. The summed E-state index contributed by atoms with van der Waals surface area (Å²) in [5.74, 6) is 1.22. The van der Waals surface area contributed by atoms with E-state index in [0.29, 0.717) is 29.9 Å². The SMILES string of the molecule is O=C(NCc1ccc(Cl)cc1)N1CCCC(c2nnc(-c3cccs3)o2)C1. The third kappa shape index (κ3) is 4.31. The second-order valence-electron chi connectivity index (χ2n) is 6.49. The van der Waals surface area contributed by atoms with E-state index in [4.69, 9.17) is 16.0 Å². The molecule has 1 aliphatic rings. The Morgan fingerprint density at radius 1 is 1.30 bits per heavy atom. The van der Waals surface area contributed by atoms with Crippen LogP contribution in [-0.4, -0.2) is 34.2 Å². The van der Waals surface area contributed by atoms with Gasteiger partial charge in [0.2, 0.25) is 5.89 Å². The van der Waals surface area contributed by atoms with Gasteiger partial charge in [-0.1, -0.05) is 29.8 Å². The molecule has 1 fully saturated rings. The number of nitrogens with zero attached hydrogens (tertiary/aromatic N) is 3. The van der Waals surface area contributed by atoms with Gasteiger partial charge in [0.15, 0.2) is 0 Å². The average Bonchev–Trinajstić information content (AvgIpc) is 3.39. The molecule has 4 rings (SSSR count). The topological polar surface area (TPSA) is 71.3 Å². The number of benzene rings is 1.